The number of aryl methyl sites for hydroxylation is 1. The highest BCUT2D eigenvalue weighted by Crippen LogP contribution is 2.19. The Balaban J connectivity index is 1.77. The molecule has 0 saturated carbocycles. The maximum absolute atomic E-state index is 10.7. The van der Waals surface area contributed by atoms with Crippen LogP contribution in [-0.4, -0.2) is 16.6 Å². The standard InChI is InChI=1S/C23H25NO/c1-19-10-8-9-15-22(19)17-24(16-20-11-4-2-5-12-20)18-23(25)21-13-6-3-7-14-21/h2-15,23,25H,16-18H2,1H3. The van der Waals surface area contributed by atoms with Gasteiger partial charge in [-0.1, -0.05) is 84.9 Å². The van der Waals surface area contributed by atoms with E-state index >= 15 is 0 Å². The number of aliphatic hydroxyl groups excluding tert-OH is 1. The quantitative estimate of drug-likeness (QED) is 0.676. The van der Waals surface area contributed by atoms with Crippen molar-refractivity contribution in [2.24, 2.45) is 0 Å². The van der Waals surface area contributed by atoms with Crippen LogP contribution in [0.25, 0.3) is 0 Å². The molecule has 3 rings (SSSR count). The zero-order chi connectivity index (χ0) is 17.5. The highest BCUT2D eigenvalue weighted by atomic mass is 16.3. The van der Waals surface area contributed by atoms with Crippen LogP contribution < -0.4 is 0 Å². The lowest BCUT2D eigenvalue weighted by Gasteiger charge is -2.26. The normalized spacial score (nSPS) is 12.3. The van der Waals surface area contributed by atoms with Crippen LogP contribution in [0.5, 0.6) is 0 Å². The Kier molecular flexibility index (Phi) is 5.99. The van der Waals surface area contributed by atoms with E-state index in [1.165, 1.54) is 16.7 Å². The highest BCUT2D eigenvalue weighted by molar-refractivity contribution is 5.26. The van der Waals surface area contributed by atoms with Crippen molar-refractivity contribution in [2.75, 3.05) is 6.54 Å². The minimum atomic E-state index is -0.492. The highest BCUT2D eigenvalue weighted by Gasteiger charge is 2.15. The number of benzene rings is 3. The topological polar surface area (TPSA) is 23.5 Å². The fraction of sp³-hybridized carbons (Fsp3) is 0.217. The lowest BCUT2D eigenvalue weighted by Crippen LogP contribution is -2.28. The van der Waals surface area contributed by atoms with E-state index in [4.69, 9.17) is 0 Å². The van der Waals surface area contributed by atoms with Gasteiger partial charge < -0.3 is 5.11 Å². The molecule has 2 heteroatoms. The van der Waals surface area contributed by atoms with E-state index in [1.807, 2.05) is 36.4 Å². The Morgan fingerprint density at radius 3 is 2.04 bits per heavy atom. The number of nitrogens with zero attached hydrogens (tertiary/aromatic N) is 1. The zero-order valence-electron chi connectivity index (χ0n) is 14.7. The third-order valence-electron chi connectivity index (χ3n) is 4.52. The molecule has 0 radical (unpaired) electrons. The van der Waals surface area contributed by atoms with Crippen LogP contribution in [0, 0.1) is 6.92 Å². The Labute approximate surface area is 150 Å². The molecule has 128 valence electrons. The van der Waals surface area contributed by atoms with Crippen molar-refractivity contribution in [1.82, 2.24) is 4.90 Å². The lowest BCUT2D eigenvalue weighted by atomic mass is 10.1. The third-order valence-corrected chi connectivity index (χ3v) is 4.52. The molecule has 2 nitrogen and oxygen atoms in total. The molecule has 0 aliphatic heterocycles. The number of aliphatic hydroxyl groups is 1. The van der Waals surface area contributed by atoms with Gasteiger partial charge in [-0.2, -0.15) is 0 Å². The Hall–Kier alpha value is -2.42. The van der Waals surface area contributed by atoms with Crippen LogP contribution in [0.3, 0.4) is 0 Å². The summed E-state index contributed by atoms with van der Waals surface area (Å²) >= 11 is 0. The van der Waals surface area contributed by atoms with Crippen LogP contribution in [0.4, 0.5) is 0 Å². The van der Waals surface area contributed by atoms with E-state index < -0.39 is 6.10 Å². The number of hydrogen-bond acceptors (Lipinski definition) is 2. The first-order chi connectivity index (χ1) is 12.2. The molecule has 25 heavy (non-hydrogen) atoms. The van der Waals surface area contributed by atoms with Crippen LogP contribution in [-0.2, 0) is 13.1 Å². The van der Waals surface area contributed by atoms with Gasteiger partial charge in [0.1, 0.15) is 0 Å². The molecule has 0 fully saturated rings. The van der Waals surface area contributed by atoms with E-state index in [1.54, 1.807) is 0 Å². The molecular formula is C23H25NO. The molecule has 0 aliphatic carbocycles. The summed E-state index contributed by atoms with van der Waals surface area (Å²) < 4.78 is 0. The van der Waals surface area contributed by atoms with Gasteiger partial charge in [-0.15, -0.1) is 0 Å². The van der Waals surface area contributed by atoms with E-state index in [0.717, 1.165) is 18.7 Å². The molecule has 0 aliphatic rings. The van der Waals surface area contributed by atoms with E-state index in [0.29, 0.717) is 6.54 Å². The first-order valence-electron chi connectivity index (χ1n) is 8.76. The summed E-state index contributed by atoms with van der Waals surface area (Å²) in [6.45, 7) is 4.39. The maximum atomic E-state index is 10.7. The number of rotatable bonds is 7. The summed E-state index contributed by atoms with van der Waals surface area (Å²) in [6, 6.07) is 28.8. The lowest BCUT2D eigenvalue weighted by molar-refractivity contribution is 0.105. The van der Waals surface area contributed by atoms with Gasteiger partial charge in [0.15, 0.2) is 0 Å². The average Bonchev–Trinajstić information content (AvgIpc) is 2.65. The van der Waals surface area contributed by atoms with Crippen molar-refractivity contribution in [1.29, 1.82) is 0 Å². The molecule has 3 aromatic carbocycles. The van der Waals surface area contributed by atoms with Crippen molar-refractivity contribution >= 4 is 0 Å². The Morgan fingerprint density at radius 2 is 1.36 bits per heavy atom. The van der Waals surface area contributed by atoms with Crippen LogP contribution >= 0.6 is 0 Å². The van der Waals surface area contributed by atoms with Crippen molar-refractivity contribution in [3.8, 4) is 0 Å². The van der Waals surface area contributed by atoms with Crippen molar-refractivity contribution in [2.45, 2.75) is 26.1 Å². The fourth-order valence-corrected chi connectivity index (χ4v) is 3.08. The molecule has 1 atom stereocenters. The Morgan fingerprint density at radius 1 is 0.760 bits per heavy atom. The summed E-state index contributed by atoms with van der Waals surface area (Å²) in [5.41, 5.74) is 4.81. The van der Waals surface area contributed by atoms with Crippen LogP contribution in [0.2, 0.25) is 0 Å². The molecule has 3 aromatic rings. The van der Waals surface area contributed by atoms with E-state index in [2.05, 4.69) is 60.4 Å². The molecule has 1 unspecified atom stereocenters. The SMILES string of the molecule is Cc1ccccc1CN(Cc1ccccc1)CC(O)c1ccccc1. The summed E-state index contributed by atoms with van der Waals surface area (Å²) in [4.78, 5) is 2.31. The summed E-state index contributed by atoms with van der Waals surface area (Å²) in [6.07, 6.45) is -0.492. The molecule has 0 spiro atoms. The van der Waals surface area contributed by atoms with Gasteiger partial charge in [0.25, 0.3) is 0 Å². The predicted molar refractivity (Wildman–Crippen MR) is 103 cm³/mol. The third kappa shape index (κ3) is 5.02. The van der Waals surface area contributed by atoms with E-state index in [-0.39, 0.29) is 0 Å². The largest absolute Gasteiger partial charge is 0.387 e. The Bertz CT molecular complexity index is 770. The van der Waals surface area contributed by atoms with Gasteiger partial charge in [0.05, 0.1) is 6.10 Å². The minimum absolute atomic E-state index is 0.492. The first-order valence-corrected chi connectivity index (χ1v) is 8.76. The van der Waals surface area contributed by atoms with E-state index in [9.17, 15) is 5.11 Å². The van der Waals surface area contributed by atoms with Crippen LogP contribution in [0.1, 0.15) is 28.4 Å². The van der Waals surface area contributed by atoms with Crippen LogP contribution in [0.15, 0.2) is 84.9 Å². The van der Waals surface area contributed by atoms with Crippen molar-refractivity contribution < 1.29 is 5.11 Å². The second-order valence-corrected chi connectivity index (χ2v) is 6.51. The molecule has 0 amide bonds. The molecule has 0 heterocycles. The van der Waals surface area contributed by atoms with Gasteiger partial charge >= 0.3 is 0 Å². The summed E-state index contributed by atoms with van der Waals surface area (Å²) in [7, 11) is 0. The molecule has 0 aromatic heterocycles. The molecular weight excluding hydrogens is 306 g/mol. The fourth-order valence-electron chi connectivity index (χ4n) is 3.08. The van der Waals surface area contributed by atoms with Gasteiger partial charge in [-0.25, -0.2) is 0 Å². The molecule has 0 bridgehead atoms. The second kappa shape index (κ2) is 8.61. The zero-order valence-corrected chi connectivity index (χ0v) is 14.7. The molecule has 1 N–H and O–H groups in total. The van der Waals surface area contributed by atoms with Gasteiger partial charge in [-0.05, 0) is 29.2 Å². The van der Waals surface area contributed by atoms with Gasteiger partial charge in [0, 0.05) is 19.6 Å². The molecule has 0 saturated heterocycles. The van der Waals surface area contributed by atoms with Gasteiger partial charge in [-0.3, -0.25) is 4.90 Å². The van der Waals surface area contributed by atoms with Crippen molar-refractivity contribution in [3.05, 3.63) is 107 Å². The summed E-state index contributed by atoms with van der Waals surface area (Å²) in [5, 5.41) is 10.7. The number of hydrogen-bond donors (Lipinski definition) is 1. The maximum Gasteiger partial charge on any atom is 0.0917 e. The monoisotopic (exact) mass is 331 g/mol. The van der Waals surface area contributed by atoms with Crippen molar-refractivity contribution in [3.63, 3.8) is 0 Å². The first kappa shape index (κ1) is 17.4. The average molecular weight is 331 g/mol. The smallest absolute Gasteiger partial charge is 0.0917 e. The summed E-state index contributed by atoms with van der Waals surface area (Å²) in [5.74, 6) is 0. The minimum Gasteiger partial charge on any atom is -0.387 e. The second-order valence-electron chi connectivity index (χ2n) is 6.51. The van der Waals surface area contributed by atoms with Gasteiger partial charge in [0.2, 0.25) is 0 Å². The predicted octanol–water partition coefficient (Wildman–Crippen LogP) is 4.73.